The maximum atomic E-state index is 9.77. The zero-order valence-corrected chi connectivity index (χ0v) is 22.5. The van der Waals surface area contributed by atoms with Crippen LogP contribution in [0.3, 0.4) is 0 Å². The number of aromatic nitrogens is 6. The van der Waals surface area contributed by atoms with Crippen LogP contribution in [0.15, 0.2) is 24.3 Å². The average molecular weight is 533 g/mol. The van der Waals surface area contributed by atoms with E-state index in [0.29, 0.717) is 25.6 Å². The first-order valence-corrected chi connectivity index (χ1v) is 14.1. The van der Waals surface area contributed by atoms with Gasteiger partial charge in [-0.15, -0.1) is 0 Å². The fraction of sp³-hybridized carbons (Fsp3) is 0.571. The molecule has 3 aromatic heterocycles. The molecule has 11 heteroatoms. The lowest BCUT2D eigenvalue weighted by Gasteiger charge is -2.39. The molecule has 4 aromatic rings. The maximum absolute atomic E-state index is 9.77. The number of nitrogens with zero attached hydrogens (tertiary/aromatic N) is 8. The van der Waals surface area contributed by atoms with E-state index in [2.05, 4.69) is 21.4 Å². The quantitative estimate of drug-likeness (QED) is 0.382. The summed E-state index contributed by atoms with van der Waals surface area (Å²) in [6.07, 6.45) is 2.87. The number of fused-ring (bicyclic) bond motifs is 2. The monoisotopic (exact) mass is 532 g/mol. The largest absolute Gasteiger partial charge is 0.396 e. The topological polar surface area (TPSA) is 107 Å². The van der Waals surface area contributed by atoms with Crippen LogP contribution in [0.1, 0.15) is 24.5 Å². The molecule has 0 spiro atoms. The molecule has 0 radical (unpaired) electrons. The number of aliphatic hydroxyl groups excluding tert-OH is 1. The smallest absolute Gasteiger partial charge is 0.239 e. The summed E-state index contributed by atoms with van der Waals surface area (Å²) < 4.78 is 15.2. The highest BCUT2D eigenvalue weighted by atomic mass is 16.5. The summed E-state index contributed by atoms with van der Waals surface area (Å²) >= 11 is 0. The van der Waals surface area contributed by atoms with Crippen LogP contribution in [0, 0.1) is 11.8 Å². The zero-order chi connectivity index (χ0) is 26.3. The molecule has 1 N–H and O–H groups in total. The summed E-state index contributed by atoms with van der Waals surface area (Å²) in [6, 6.07) is 7.98. The van der Waals surface area contributed by atoms with Crippen molar-refractivity contribution < 1.29 is 14.6 Å². The van der Waals surface area contributed by atoms with E-state index < -0.39 is 0 Å². The van der Waals surface area contributed by atoms with Crippen LogP contribution >= 0.6 is 0 Å². The molecule has 0 saturated carbocycles. The Morgan fingerprint density at radius 3 is 2.44 bits per heavy atom. The molecule has 1 aromatic carbocycles. The van der Waals surface area contributed by atoms with Gasteiger partial charge in [-0.25, -0.2) is 9.97 Å². The molecule has 7 rings (SSSR count). The van der Waals surface area contributed by atoms with Gasteiger partial charge in [0.05, 0.1) is 50.6 Å². The minimum atomic E-state index is 0.00219. The average Bonchev–Trinajstić information content (AvgIpc) is 3.46. The Kier molecular flexibility index (Phi) is 6.67. The summed E-state index contributed by atoms with van der Waals surface area (Å²) in [5.41, 5.74) is 3.42. The molecule has 11 nitrogen and oxygen atoms in total. The van der Waals surface area contributed by atoms with Crippen LogP contribution in [0.4, 0.5) is 5.82 Å². The van der Waals surface area contributed by atoms with E-state index in [4.69, 9.17) is 29.4 Å². The van der Waals surface area contributed by atoms with Gasteiger partial charge in [-0.05, 0) is 44.0 Å². The van der Waals surface area contributed by atoms with E-state index in [-0.39, 0.29) is 6.61 Å². The molecular formula is C28H36N8O3. The Labute approximate surface area is 227 Å². The van der Waals surface area contributed by atoms with Gasteiger partial charge in [0.25, 0.3) is 0 Å². The number of hydrogen-bond donors (Lipinski definition) is 1. The standard InChI is InChI=1S/C28H36N8O3/c1-33-24(16-34-9-6-19(7-10-34)20-17-39-18-20)30-25-26(33)31-28(32-27(25)35-11-14-38-15-12-35)36-22-5-3-2-4-21(22)29-23(36)8-13-37/h2-5,19-20,37H,6-18H2,1H3. The highest BCUT2D eigenvalue weighted by Gasteiger charge is 2.32. The second kappa shape index (κ2) is 10.5. The number of aliphatic hydroxyl groups is 1. The van der Waals surface area contributed by atoms with Gasteiger partial charge in [0, 0.05) is 32.5 Å². The SMILES string of the molecule is Cn1c(CN2CCC(C3COC3)CC2)nc2c(N3CCOCC3)nc(-n3c(CCO)nc4ccccc43)nc21. The number of ether oxygens (including phenoxy) is 2. The van der Waals surface area contributed by atoms with Crippen LogP contribution < -0.4 is 4.90 Å². The number of imidazole rings is 2. The molecule has 0 unspecified atom stereocenters. The second-order valence-electron chi connectivity index (χ2n) is 10.9. The molecule has 6 heterocycles. The van der Waals surface area contributed by atoms with Gasteiger partial charge in [-0.1, -0.05) is 12.1 Å². The molecule has 0 amide bonds. The minimum Gasteiger partial charge on any atom is -0.396 e. The van der Waals surface area contributed by atoms with Crippen LogP contribution in [0.25, 0.3) is 28.1 Å². The molecule has 206 valence electrons. The van der Waals surface area contributed by atoms with E-state index in [1.54, 1.807) is 0 Å². The van der Waals surface area contributed by atoms with E-state index in [0.717, 1.165) is 97.4 Å². The van der Waals surface area contributed by atoms with Crippen molar-refractivity contribution >= 4 is 28.0 Å². The molecule has 0 bridgehead atoms. The van der Waals surface area contributed by atoms with Crippen LogP contribution in [0.2, 0.25) is 0 Å². The minimum absolute atomic E-state index is 0.00219. The van der Waals surface area contributed by atoms with E-state index >= 15 is 0 Å². The van der Waals surface area contributed by atoms with Crippen molar-refractivity contribution in [1.29, 1.82) is 0 Å². The molecular weight excluding hydrogens is 496 g/mol. The van der Waals surface area contributed by atoms with Crippen molar-refractivity contribution in [2.45, 2.75) is 25.8 Å². The highest BCUT2D eigenvalue weighted by molar-refractivity contribution is 5.86. The fourth-order valence-corrected chi connectivity index (χ4v) is 6.19. The van der Waals surface area contributed by atoms with Crippen molar-refractivity contribution in [2.75, 3.05) is 64.1 Å². The lowest BCUT2D eigenvalue weighted by molar-refractivity contribution is -0.0727. The normalized spacial score (nSPS) is 19.8. The van der Waals surface area contributed by atoms with Gasteiger partial charge in [-0.2, -0.15) is 9.97 Å². The van der Waals surface area contributed by atoms with E-state index in [9.17, 15) is 5.11 Å². The van der Waals surface area contributed by atoms with Gasteiger partial charge in [0.1, 0.15) is 11.6 Å². The Morgan fingerprint density at radius 2 is 1.69 bits per heavy atom. The Hall–Kier alpha value is -3.12. The third-order valence-corrected chi connectivity index (χ3v) is 8.59. The Morgan fingerprint density at radius 1 is 0.897 bits per heavy atom. The Balaban J connectivity index is 1.28. The number of benzene rings is 1. The number of likely N-dealkylation sites (tertiary alicyclic amines) is 1. The Bertz CT molecular complexity index is 1460. The lowest BCUT2D eigenvalue weighted by atomic mass is 9.83. The van der Waals surface area contributed by atoms with Gasteiger partial charge < -0.3 is 24.0 Å². The predicted molar refractivity (Wildman–Crippen MR) is 147 cm³/mol. The van der Waals surface area contributed by atoms with Crippen molar-refractivity contribution in [3.63, 3.8) is 0 Å². The number of hydrogen-bond acceptors (Lipinski definition) is 9. The van der Waals surface area contributed by atoms with Crippen LogP contribution in [-0.2, 0) is 29.5 Å². The third kappa shape index (κ3) is 4.57. The summed E-state index contributed by atoms with van der Waals surface area (Å²) in [7, 11) is 2.06. The molecule has 3 aliphatic heterocycles. The number of para-hydroxylation sites is 2. The molecule has 3 fully saturated rings. The van der Waals surface area contributed by atoms with Gasteiger partial charge >= 0.3 is 0 Å². The number of anilines is 1. The predicted octanol–water partition coefficient (Wildman–Crippen LogP) is 1.93. The van der Waals surface area contributed by atoms with Gasteiger partial charge in [-0.3, -0.25) is 9.47 Å². The summed E-state index contributed by atoms with van der Waals surface area (Å²) in [5.74, 6) is 4.67. The third-order valence-electron chi connectivity index (χ3n) is 8.59. The summed E-state index contributed by atoms with van der Waals surface area (Å²) in [4.78, 5) is 24.9. The van der Waals surface area contributed by atoms with Crippen molar-refractivity contribution in [1.82, 2.24) is 34.0 Å². The van der Waals surface area contributed by atoms with E-state index in [1.807, 2.05) is 28.8 Å². The van der Waals surface area contributed by atoms with E-state index in [1.165, 1.54) is 12.8 Å². The van der Waals surface area contributed by atoms with Crippen LogP contribution in [0.5, 0.6) is 0 Å². The van der Waals surface area contributed by atoms with Crippen molar-refractivity contribution in [3.05, 3.63) is 35.9 Å². The van der Waals surface area contributed by atoms with Gasteiger partial charge in [0.2, 0.25) is 5.95 Å². The van der Waals surface area contributed by atoms with Crippen molar-refractivity contribution in [3.8, 4) is 5.95 Å². The molecule has 3 aliphatic rings. The molecule has 0 aliphatic carbocycles. The molecule has 0 atom stereocenters. The first-order chi connectivity index (χ1) is 19.2. The van der Waals surface area contributed by atoms with Gasteiger partial charge in [0.15, 0.2) is 17.0 Å². The fourth-order valence-electron chi connectivity index (χ4n) is 6.19. The number of rotatable bonds is 7. The van der Waals surface area contributed by atoms with Crippen molar-refractivity contribution in [2.24, 2.45) is 18.9 Å². The number of piperidine rings is 1. The summed E-state index contributed by atoms with van der Waals surface area (Å²) in [5, 5.41) is 9.77. The molecule has 39 heavy (non-hydrogen) atoms. The molecule has 3 saturated heterocycles. The summed E-state index contributed by atoms with van der Waals surface area (Å²) in [6.45, 7) is 7.67. The number of morpholine rings is 1. The lowest BCUT2D eigenvalue weighted by Crippen LogP contribution is -2.42. The second-order valence-corrected chi connectivity index (χ2v) is 10.9. The van der Waals surface area contributed by atoms with Crippen LogP contribution in [-0.4, -0.2) is 98.3 Å². The first kappa shape index (κ1) is 24.9. The first-order valence-electron chi connectivity index (χ1n) is 14.1. The number of aryl methyl sites for hydroxylation is 1. The highest BCUT2D eigenvalue weighted by Crippen LogP contribution is 2.32. The maximum Gasteiger partial charge on any atom is 0.239 e. The zero-order valence-electron chi connectivity index (χ0n) is 22.5.